The van der Waals surface area contributed by atoms with Gasteiger partial charge in [0.2, 0.25) is 0 Å². The largest absolute Gasteiger partial charge is 0.450 e. The monoisotopic (exact) mass is 280 g/mol. The van der Waals surface area contributed by atoms with Crippen molar-refractivity contribution in [2.45, 2.75) is 32.7 Å². The topological polar surface area (TPSA) is 41.6 Å². The third kappa shape index (κ3) is 3.40. The van der Waals surface area contributed by atoms with Crippen LogP contribution in [0, 0.1) is 12.7 Å². The van der Waals surface area contributed by atoms with Crippen LogP contribution in [-0.2, 0) is 4.74 Å². The minimum atomic E-state index is -0.243. The summed E-state index contributed by atoms with van der Waals surface area (Å²) in [4.78, 5) is 13.3. The van der Waals surface area contributed by atoms with E-state index in [4.69, 9.17) is 4.74 Å². The maximum Gasteiger partial charge on any atom is 0.409 e. The van der Waals surface area contributed by atoms with E-state index in [9.17, 15) is 9.18 Å². The summed E-state index contributed by atoms with van der Waals surface area (Å²) in [6, 6.07) is 5.32. The number of carbonyl (C=O) groups is 1. The Labute approximate surface area is 118 Å². The fourth-order valence-electron chi connectivity index (χ4n) is 2.40. The molecular weight excluding hydrogens is 259 g/mol. The number of ether oxygens (including phenoxy) is 1. The molecule has 20 heavy (non-hydrogen) atoms. The molecule has 1 aromatic carbocycles. The lowest BCUT2D eigenvalue weighted by Gasteiger charge is -2.32. The molecule has 0 spiro atoms. The predicted octanol–water partition coefficient (Wildman–Crippen LogP) is 3.17. The summed E-state index contributed by atoms with van der Waals surface area (Å²) >= 11 is 0. The Morgan fingerprint density at radius 3 is 2.80 bits per heavy atom. The Bertz CT molecular complexity index is 471. The van der Waals surface area contributed by atoms with Gasteiger partial charge < -0.3 is 15.0 Å². The smallest absolute Gasteiger partial charge is 0.409 e. The van der Waals surface area contributed by atoms with Crippen molar-refractivity contribution in [1.82, 2.24) is 4.90 Å². The number of anilines is 1. The summed E-state index contributed by atoms with van der Waals surface area (Å²) in [7, 11) is 0. The summed E-state index contributed by atoms with van der Waals surface area (Å²) in [5, 5.41) is 3.36. The van der Waals surface area contributed by atoms with E-state index in [0.717, 1.165) is 18.5 Å². The van der Waals surface area contributed by atoms with Crippen LogP contribution in [-0.4, -0.2) is 36.7 Å². The van der Waals surface area contributed by atoms with E-state index in [0.29, 0.717) is 25.3 Å². The summed E-state index contributed by atoms with van der Waals surface area (Å²) in [6.07, 6.45) is 1.44. The number of amides is 1. The standard InChI is InChI=1S/C15H21FN2O2/c1-3-20-15(19)18-9-7-12(8-10-18)17-14-6-4-5-13(16)11(14)2/h4-6,12,17H,3,7-10H2,1-2H3. The van der Waals surface area contributed by atoms with E-state index >= 15 is 0 Å². The van der Waals surface area contributed by atoms with E-state index in [1.165, 1.54) is 6.07 Å². The molecular formula is C15H21FN2O2. The van der Waals surface area contributed by atoms with Gasteiger partial charge in [-0.15, -0.1) is 0 Å². The number of likely N-dealkylation sites (tertiary alicyclic amines) is 1. The molecule has 1 aromatic rings. The molecule has 0 radical (unpaired) electrons. The zero-order valence-electron chi connectivity index (χ0n) is 12.0. The van der Waals surface area contributed by atoms with Gasteiger partial charge in [0.25, 0.3) is 0 Å². The minimum Gasteiger partial charge on any atom is -0.450 e. The quantitative estimate of drug-likeness (QED) is 0.924. The fourth-order valence-corrected chi connectivity index (χ4v) is 2.40. The maximum atomic E-state index is 13.5. The molecule has 1 amide bonds. The first-order valence-electron chi connectivity index (χ1n) is 7.05. The van der Waals surface area contributed by atoms with Gasteiger partial charge in [-0.05, 0) is 38.8 Å². The fraction of sp³-hybridized carbons (Fsp3) is 0.533. The van der Waals surface area contributed by atoms with E-state index in [2.05, 4.69) is 5.32 Å². The number of nitrogens with one attached hydrogen (secondary N) is 1. The van der Waals surface area contributed by atoms with Crippen LogP contribution in [0.4, 0.5) is 14.9 Å². The summed E-state index contributed by atoms with van der Waals surface area (Å²) in [6.45, 7) is 5.32. The normalized spacial score (nSPS) is 16.1. The molecule has 1 fully saturated rings. The molecule has 1 N–H and O–H groups in total. The number of hydrogen-bond acceptors (Lipinski definition) is 3. The molecule has 110 valence electrons. The highest BCUT2D eigenvalue weighted by molar-refractivity contribution is 5.67. The van der Waals surface area contributed by atoms with Crippen molar-refractivity contribution in [3.05, 3.63) is 29.6 Å². The molecule has 1 saturated heterocycles. The lowest BCUT2D eigenvalue weighted by atomic mass is 10.0. The first kappa shape index (κ1) is 14.6. The van der Waals surface area contributed by atoms with Crippen molar-refractivity contribution in [3.63, 3.8) is 0 Å². The Morgan fingerprint density at radius 2 is 2.15 bits per heavy atom. The molecule has 5 heteroatoms. The Morgan fingerprint density at radius 1 is 1.45 bits per heavy atom. The first-order valence-corrected chi connectivity index (χ1v) is 7.05. The third-order valence-electron chi connectivity index (χ3n) is 3.65. The molecule has 0 atom stereocenters. The van der Waals surface area contributed by atoms with Gasteiger partial charge in [-0.2, -0.15) is 0 Å². The maximum absolute atomic E-state index is 13.5. The second kappa shape index (κ2) is 6.59. The predicted molar refractivity (Wildman–Crippen MR) is 76.4 cm³/mol. The summed E-state index contributed by atoms with van der Waals surface area (Å²) in [5.74, 6) is -0.195. The molecule has 0 aliphatic carbocycles. The van der Waals surface area contributed by atoms with E-state index in [1.807, 2.05) is 6.07 Å². The summed E-state index contributed by atoms with van der Waals surface area (Å²) < 4.78 is 18.5. The number of carbonyl (C=O) groups excluding carboxylic acids is 1. The Balaban J connectivity index is 1.88. The molecule has 2 rings (SSSR count). The van der Waals surface area contributed by atoms with Gasteiger partial charge in [-0.1, -0.05) is 6.07 Å². The lowest BCUT2D eigenvalue weighted by molar-refractivity contribution is 0.0983. The second-order valence-electron chi connectivity index (χ2n) is 5.02. The van der Waals surface area contributed by atoms with Gasteiger partial charge in [-0.25, -0.2) is 9.18 Å². The molecule has 0 unspecified atom stereocenters. The number of hydrogen-bond donors (Lipinski definition) is 1. The highest BCUT2D eigenvalue weighted by Gasteiger charge is 2.23. The van der Waals surface area contributed by atoms with Crippen LogP contribution in [0.1, 0.15) is 25.3 Å². The molecule has 4 nitrogen and oxygen atoms in total. The van der Waals surface area contributed by atoms with Crippen LogP contribution in [0.25, 0.3) is 0 Å². The van der Waals surface area contributed by atoms with Crippen molar-refractivity contribution in [2.24, 2.45) is 0 Å². The number of piperidine rings is 1. The molecule has 1 aliphatic rings. The Kier molecular flexibility index (Phi) is 4.82. The highest BCUT2D eigenvalue weighted by atomic mass is 19.1. The van der Waals surface area contributed by atoms with Crippen molar-refractivity contribution >= 4 is 11.8 Å². The second-order valence-corrected chi connectivity index (χ2v) is 5.02. The van der Waals surface area contributed by atoms with Gasteiger partial charge in [-0.3, -0.25) is 0 Å². The molecule has 1 heterocycles. The van der Waals surface area contributed by atoms with Gasteiger partial charge in [0.1, 0.15) is 5.82 Å². The average Bonchev–Trinajstić information content (AvgIpc) is 2.45. The van der Waals surface area contributed by atoms with Gasteiger partial charge in [0.05, 0.1) is 6.61 Å². The highest BCUT2D eigenvalue weighted by Crippen LogP contribution is 2.22. The number of rotatable bonds is 3. The zero-order chi connectivity index (χ0) is 14.5. The van der Waals surface area contributed by atoms with Gasteiger partial charge >= 0.3 is 6.09 Å². The van der Waals surface area contributed by atoms with Gasteiger partial charge in [0.15, 0.2) is 0 Å². The zero-order valence-corrected chi connectivity index (χ0v) is 12.0. The SMILES string of the molecule is CCOC(=O)N1CCC(Nc2cccc(F)c2C)CC1. The first-order chi connectivity index (χ1) is 9.61. The van der Waals surface area contributed by atoms with Crippen LogP contribution in [0.2, 0.25) is 0 Å². The molecule has 1 aliphatic heterocycles. The lowest BCUT2D eigenvalue weighted by Crippen LogP contribution is -2.42. The van der Waals surface area contributed by atoms with Crippen molar-refractivity contribution in [3.8, 4) is 0 Å². The van der Waals surface area contributed by atoms with E-state index < -0.39 is 0 Å². The van der Waals surface area contributed by atoms with Crippen LogP contribution >= 0.6 is 0 Å². The molecule has 0 bridgehead atoms. The average molecular weight is 280 g/mol. The van der Waals surface area contributed by atoms with Crippen LogP contribution in [0.5, 0.6) is 0 Å². The van der Waals surface area contributed by atoms with Crippen LogP contribution in [0.3, 0.4) is 0 Å². The molecule has 0 aromatic heterocycles. The van der Waals surface area contributed by atoms with Crippen molar-refractivity contribution in [1.29, 1.82) is 0 Å². The number of halogens is 1. The number of benzene rings is 1. The Hall–Kier alpha value is -1.78. The van der Waals surface area contributed by atoms with Crippen LogP contribution in [0.15, 0.2) is 18.2 Å². The number of nitrogens with zero attached hydrogens (tertiary/aromatic N) is 1. The van der Waals surface area contributed by atoms with E-state index in [-0.39, 0.29) is 18.0 Å². The van der Waals surface area contributed by atoms with Crippen molar-refractivity contribution < 1.29 is 13.9 Å². The summed E-state index contributed by atoms with van der Waals surface area (Å²) in [5.41, 5.74) is 1.47. The third-order valence-corrected chi connectivity index (χ3v) is 3.65. The molecule has 0 saturated carbocycles. The minimum absolute atomic E-state index is 0.195. The van der Waals surface area contributed by atoms with Gasteiger partial charge in [0, 0.05) is 30.4 Å². The van der Waals surface area contributed by atoms with E-state index in [1.54, 1.807) is 24.8 Å². The van der Waals surface area contributed by atoms with Crippen LogP contribution < -0.4 is 5.32 Å². The van der Waals surface area contributed by atoms with Crippen molar-refractivity contribution in [2.75, 3.05) is 25.0 Å².